The molecule has 66 valence electrons. The van der Waals surface area contributed by atoms with Gasteiger partial charge in [0.05, 0.1) is 0 Å². The minimum atomic E-state index is -1.24. The van der Waals surface area contributed by atoms with E-state index in [1.165, 1.54) is 0 Å². The van der Waals surface area contributed by atoms with E-state index in [4.69, 9.17) is 5.11 Å². The Morgan fingerprint density at radius 2 is 2.00 bits per heavy atom. The number of rotatable bonds is 2. The van der Waals surface area contributed by atoms with Crippen LogP contribution >= 0.6 is 0 Å². The van der Waals surface area contributed by atoms with Crippen molar-refractivity contribution in [3.63, 3.8) is 0 Å². The van der Waals surface area contributed by atoms with Gasteiger partial charge in [0.1, 0.15) is 13.2 Å². The fourth-order valence-corrected chi connectivity index (χ4v) is 0.904. The van der Waals surface area contributed by atoms with Crippen LogP contribution in [-0.2, 0) is 14.3 Å². The van der Waals surface area contributed by atoms with Crippen molar-refractivity contribution in [1.82, 2.24) is 4.90 Å². The van der Waals surface area contributed by atoms with Crippen LogP contribution in [0, 0.1) is 0 Å². The molecule has 0 saturated carbocycles. The lowest BCUT2D eigenvalue weighted by molar-refractivity contribution is -0.167. The smallest absolute Gasteiger partial charge is 0.257 e. The van der Waals surface area contributed by atoms with Crippen LogP contribution in [0.15, 0.2) is 12.7 Å². The normalized spacial score (nSPS) is 20.9. The highest BCUT2D eigenvalue weighted by atomic mass is 16.5. The third-order valence-electron chi connectivity index (χ3n) is 1.46. The summed E-state index contributed by atoms with van der Waals surface area (Å²) in [6.07, 6.45) is -0.130. The van der Waals surface area contributed by atoms with Crippen molar-refractivity contribution in [1.29, 1.82) is 0 Å². The number of carbonyl (C=O) groups is 2. The number of carbonyl (C=O) groups excluding carboxylic acids is 2. The van der Waals surface area contributed by atoms with Crippen LogP contribution in [0.25, 0.3) is 0 Å². The van der Waals surface area contributed by atoms with Gasteiger partial charge in [-0.3, -0.25) is 9.59 Å². The summed E-state index contributed by atoms with van der Waals surface area (Å²) in [5.41, 5.74) is 0. The molecule has 1 heterocycles. The summed E-state index contributed by atoms with van der Waals surface area (Å²) in [5.74, 6) is -1.09. The van der Waals surface area contributed by atoms with E-state index in [2.05, 4.69) is 11.3 Å². The minimum Gasteiger partial charge on any atom is -0.369 e. The van der Waals surface area contributed by atoms with E-state index in [1.54, 1.807) is 0 Å². The number of morpholine rings is 1. The summed E-state index contributed by atoms with van der Waals surface area (Å²) in [4.78, 5) is 22.7. The number of amides is 2. The maximum atomic E-state index is 11.0. The number of hydrogen-bond acceptors (Lipinski definition) is 4. The quantitative estimate of drug-likeness (QED) is 0.422. The number of nitrogens with zero attached hydrogens (tertiary/aromatic N) is 1. The van der Waals surface area contributed by atoms with Crippen LogP contribution < -0.4 is 0 Å². The first-order valence-electron chi connectivity index (χ1n) is 3.40. The molecule has 0 aliphatic carbocycles. The van der Waals surface area contributed by atoms with E-state index >= 15 is 0 Å². The molecule has 0 radical (unpaired) electrons. The summed E-state index contributed by atoms with van der Waals surface area (Å²) in [7, 11) is 0. The molecule has 5 nitrogen and oxygen atoms in total. The van der Waals surface area contributed by atoms with Crippen LogP contribution in [-0.4, -0.2) is 41.3 Å². The molecule has 0 aromatic carbocycles. The molecule has 1 N–H and O–H groups in total. The van der Waals surface area contributed by atoms with E-state index < -0.39 is 18.0 Å². The molecule has 1 unspecified atom stereocenters. The monoisotopic (exact) mass is 171 g/mol. The first-order chi connectivity index (χ1) is 5.66. The fourth-order valence-electron chi connectivity index (χ4n) is 0.904. The van der Waals surface area contributed by atoms with E-state index in [0.29, 0.717) is 0 Å². The van der Waals surface area contributed by atoms with Crippen LogP contribution in [0.3, 0.4) is 0 Å². The molecule has 1 atom stereocenters. The Morgan fingerprint density at radius 1 is 1.50 bits per heavy atom. The van der Waals surface area contributed by atoms with Gasteiger partial charge in [0.2, 0.25) is 0 Å². The van der Waals surface area contributed by atoms with Gasteiger partial charge in [-0.25, -0.2) is 4.90 Å². The van der Waals surface area contributed by atoms with Gasteiger partial charge in [-0.1, -0.05) is 6.58 Å². The SMILES string of the molecule is C=CC(O)N1C(=O)COCC1=O. The zero-order valence-electron chi connectivity index (χ0n) is 6.40. The maximum absolute atomic E-state index is 11.0. The molecule has 1 fully saturated rings. The van der Waals surface area contributed by atoms with Gasteiger partial charge in [0, 0.05) is 0 Å². The maximum Gasteiger partial charge on any atom is 0.257 e. The third kappa shape index (κ3) is 1.51. The summed E-state index contributed by atoms with van der Waals surface area (Å²) in [6, 6.07) is 0. The molecule has 1 rings (SSSR count). The highest BCUT2D eigenvalue weighted by Gasteiger charge is 2.30. The average Bonchev–Trinajstić information content (AvgIpc) is 2.03. The van der Waals surface area contributed by atoms with Gasteiger partial charge in [-0.05, 0) is 6.08 Å². The van der Waals surface area contributed by atoms with Gasteiger partial charge >= 0.3 is 0 Å². The largest absolute Gasteiger partial charge is 0.369 e. The Kier molecular flexibility index (Phi) is 2.57. The van der Waals surface area contributed by atoms with Crippen molar-refractivity contribution in [3.8, 4) is 0 Å². The predicted octanol–water partition coefficient (Wildman–Crippen LogP) is -1.12. The summed E-state index contributed by atoms with van der Waals surface area (Å²) < 4.78 is 4.63. The average molecular weight is 171 g/mol. The number of hydrogen-bond donors (Lipinski definition) is 1. The molecule has 1 saturated heterocycles. The second-order valence-electron chi connectivity index (χ2n) is 2.30. The standard InChI is InChI=1S/C7H9NO4/c1-2-5(9)8-6(10)3-12-4-7(8)11/h2,5,9H,1,3-4H2. The van der Waals surface area contributed by atoms with Crippen molar-refractivity contribution in [2.24, 2.45) is 0 Å². The molecule has 0 bridgehead atoms. The second-order valence-corrected chi connectivity index (χ2v) is 2.30. The van der Waals surface area contributed by atoms with E-state index in [9.17, 15) is 9.59 Å². The predicted molar refractivity (Wildman–Crippen MR) is 38.9 cm³/mol. The van der Waals surface area contributed by atoms with Crippen molar-refractivity contribution >= 4 is 11.8 Å². The molecule has 12 heavy (non-hydrogen) atoms. The van der Waals surface area contributed by atoms with E-state index in [0.717, 1.165) is 11.0 Å². The number of aliphatic hydroxyl groups excluding tert-OH is 1. The first kappa shape index (κ1) is 8.89. The first-order valence-corrected chi connectivity index (χ1v) is 3.40. The lowest BCUT2D eigenvalue weighted by atomic mass is 10.3. The lowest BCUT2D eigenvalue weighted by Gasteiger charge is -2.27. The molecule has 0 aromatic heterocycles. The molecule has 2 amide bonds. The number of aliphatic hydroxyl groups is 1. The molecular formula is C7H9NO4. The van der Waals surface area contributed by atoms with Gasteiger partial charge in [-0.15, -0.1) is 0 Å². The second kappa shape index (κ2) is 3.46. The lowest BCUT2D eigenvalue weighted by Crippen LogP contribution is -2.50. The van der Waals surface area contributed by atoms with Gasteiger partial charge in [0.15, 0.2) is 6.23 Å². The Balaban J connectivity index is 2.75. The molecule has 1 aliphatic heterocycles. The molecular weight excluding hydrogens is 162 g/mol. The summed E-state index contributed by atoms with van der Waals surface area (Å²) in [5, 5.41) is 9.13. The van der Waals surface area contributed by atoms with Crippen LogP contribution in [0.2, 0.25) is 0 Å². The molecule has 5 heteroatoms. The van der Waals surface area contributed by atoms with Crippen molar-refractivity contribution in [2.45, 2.75) is 6.23 Å². The Bertz CT molecular complexity index is 209. The Morgan fingerprint density at radius 3 is 2.42 bits per heavy atom. The molecule has 0 aromatic rings. The van der Waals surface area contributed by atoms with E-state index in [1.807, 2.05) is 0 Å². The van der Waals surface area contributed by atoms with Crippen molar-refractivity contribution < 1.29 is 19.4 Å². The Hall–Kier alpha value is -1.20. The van der Waals surface area contributed by atoms with Gasteiger partial charge in [-0.2, -0.15) is 0 Å². The molecule has 0 spiro atoms. The van der Waals surface area contributed by atoms with Crippen LogP contribution in [0.5, 0.6) is 0 Å². The zero-order valence-corrected chi connectivity index (χ0v) is 6.40. The van der Waals surface area contributed by atoms with E-state index in [-0.39, 0.29) is 13.2 Å². The topological polar surface area (TPSA) is 66.8 Å². The van der Waals surface area contributed by atoms with Crippen LogP contribution in [0.1, 0.15) is 0 Å². The highest BCUT2D eigenvalue weighted by molar-refractivity contribution is 5.98. The summed E-state index contributed by atoms with van der Waals surface area (Å²) >= 11 is 0. The minimum absolute atomic E-state index is 0.170. The third-order valence-corrected chi connectivity index (χ3v) is 1.46. The van der Waals surface area contributed by atoms with Crippen molar-refractivity contribution in [3.05, 3.63) is 12.7 Å². The molecule has 1 aliphatic rings. The summed E-state index contributed by atoms with van der Waals surface area (Å²) in [6.45, 7) is 2.93. The van der Waals surface area contributed by atoms with Crippen molar-refractivity contribution in [2.75, 3.05) is 13.2 Å². The van der Waals surface area contributed by atoms with Gasteiger partial charge < -0.3 is 9.84 Å². The number of imide groups is 1. The highest BCUT2D eigenvalue weighted by Crippen LogP contribution is 2.05. The zero-order chi connectivity index (χ0) is 9.14. The van der Waals surface area contributed by atoms with Crippen LogP contribution in [0.4, 0.5) is 0 Å². The Labute approximate surface area is 69.2 Å². The fraction of sp³-hybridized carbons (Fsp3) is 0.429. The number of ether oxygens (including phenoxy) is 1. The van der Waals surface area contributed by atoms with Gasteiger partial charge in [0.25, 0.3) is 11.8 Å².